The summed E-state index contributed by atoms with van der Waals surface area (Å²) in [5.74, 6) is 2.42. The van der Waals surface area contributed by atoms with Crippen LogP contribution >= 0.6 is 0 Å². The number of nitrogens with one attached hydrogen (secondary N) is 1. The molecule has 0 heterocycles. The van der Waals surface area contributed by atoms with E-state index >= 15 is 0 Å². The van der Waals surface area contributed by atoms with E-state index in [0.29, 0.717) is 12.6 Å². The molecule has 0 aliphatic heterocycles. The summed E-state index contributed by atoms with van der Waals surface area (Å²) in [6, 6.07) is 26.2. The maximum Gasteiger partial charge on any atom is 0.129 e. The standard InChI is InChI=1S/C22H23NO2/c1-17(2)23-19-9-6-10-22(15-19)25-21-13-11-20(12-14-21)24-16-18-7-4-3-5-8-18/h3-15,17,23H,16H2,1-2H3. The van der Waals surface area contributed by atoms with Gasteiger partial charge in [-0.2, -0.15) is 0 Å². The summed E-state index contributed by atoms with van der Waals surface area (Å²) < 4.78 is 11.7. The molecule has 3 aromatic rings. The van der Waals surface area contributed by atoms with E-state index in [2.05, 4.69) is 31.3 Å². The Hall–Kier alpha value is -2.94. The van der Waals surface area contributed by atoms with Crippen LogP contribution in [-0.4, -0.2) is 6.04 Å². The molecule has 3 rings (SSSR count). The lowest BCUT2D eigenvalue weighted by atomic mass is 10.2. The first-order valence-electron chi connectivity index (χ1n) is 8.50. The highest BCUT2D eigenvalue weighted by molar-refractivity contribution is 5.49. The van der Waals surface area contributed by atoms with Gasteiger partial charge in [-0.1, -0.05) is 36.4 Å². The van der Waals surface area contributed by atoms with Crippen molar-refractivity contribution in [3.63, 3.8) is 0 Å². The lowest BCUT2D eigenvalue weighted by molar-refractivity contribution is 0.306. The molecule has 0 radical (unpaired) electrons. The highest BCUT2D eigenvalue weighted by Gasteiger charge is 2.02. The average molecular weight is 333 g/mol. The van der Waals surface area contributed by atoms with Gasteiger partial charge in [-0.25, -0.2) is 0 Å². The summed E-state index contributed by atoms with van der Waals surface area (Å²) in [7, 11) is 0. The van der Waals surface area contributed by atoms with E-state index in [0.717, 1.165) is 28.5 Å². The Bertz CT molecular complexity index is 783. The quantitative estimate of drug-likeness (QED) is 0.586. The minimum absolute atomic E-state index is 0.385. The molecule has 128 valence electrons. The van der Waals surface area contributed by atoms with E-state index in [1.54, 1.807) is 0 Å². The van der Waals surface area contributed by atoms with Crippen molar-refractivity contribution in [2.24, 2.45) is 0 Å². The Morgan fingerprint density at radius 3 is 2.20 bits per heavy atom. The Labute approximate surface area is 149 Å². The van der Waals surface area contributed by atoms with Crippen LogP contribution in [0.15, 0.2) is 78.9 Å². The van der Waals surface area contributed by atoms with Crippen molar-refractivity contribution in [3.8, 4) is 17.2 Å². The van der Waals surface area contributed by atoms with Crippen LogP contribution in [0.3, 0.4) is 0 Å². The Morgan fingerprint density at radius 1 is 0.760 bits per heavy atom. The molecule has 0 bridgehead atoms. The van der Waals surface area contributed by atoms with Crippen molar-refractivity contribution in [2.75, 3.05) is 5.32 Å². The minimum atomic E-state index is 0.385. The van der Waals surface area contributed by atoms with E-state index in [9.17, 15) is 0 Å². The molecule has 0 amide bonds. The SMILES string of the molecule is CC(C)Nc1cccc(Oc2ccc(OCc3ccccc3)cc2)c1. The first-order valence-corrected chi connectivity index (χ1v) is 8.50. The third-order valence-corrected chi connectivity index (χ3v) is 3.60. The second kappa shape index (κ2) is 8.25. The van der Waals surface area contributed by atoms with Gasteiger partial charge in [0.05, 0.1) is 0 Å². The van der Waals surface area contributed by atoms with Crippen LogP contribution in [0.1, 0.15) is 19.4 Å². The summed E-state index contributed by atoms with van der Waals surface area (Å²) in [4.78, 5) is 0. The van der Waals surface area contributed by atoms with Gasteiger partial charge in [0.15, 0.2) is 0 Å². The zero-order chi connectivity index (χ0) is 17.5. The molecular weight excluding hydrogens is 310 g/mol. The number of benzene rings is 3. The molecule has 0 unspecified atom stereocenters. The fourth-order valence-electron chi connectivity index (χ4n) is 2.46. The second-order valence-corrected chi connectivity index (χ2v) is 6.17. The van der Waals surface area contributed by atoms with Gasteiger partial charge < -0.3 is 14.8 Å². The van der Waals surface area contributed by atoms with Crippen molar-refractivity contribution in [1.82, 2.24) is 0 Å². The van der Waals surface area contributed by atoms with E-state index in [-0.39, 0.29) is 0 Å². The molecule has 3 aromatic carbocycles. The monoisotopic (exact) mass is 333 g/mol. The molecule has 25 heavy (non-hydrogen) atoms. The molecule has 0 fully saturated rings. The van der Waals surface area contributed by atoms with Crippen LogP contribution in [-0.2, 0) is 6.61 Å². The Balaban J connectivity index is 1.59. The van der Waals surface area contributed by atoms with Crippen LogP contribution in [0.2, 0.25) is 0 Å². The van der Waals surface area contributed by atoms with E-state index in [4.69, 9.17) is 9.47 Å². The van der Waals surface area contributed by atoms with Crippen LogP contribution in [0.5, 0.6) is 17.2 Å². The average Bonchev–Trinajstić information content (AvgIpc) is 2.62. The van der Waals surface area contributed by atoms with Gasteiger partial charge in [0.2, 0.25) is 0 Å². The zero-order valence-corrected chi connectivity index (χ0v) is 14.6. The van der Waals surface area contributed by atoms with Gasteiger partial charge in [0.25, 0.3) is 0 Å². The number of hydrogen-bond acceptors (Lipinski definition) is 3. The maximum atomic E-state index is 5.92. The molecule has 0 spiro atoms. The van der Waals surface area contributed by atoms with E-state index in [1.165, 1.54) is 0 Å². The van der Waals surface area contributed by atoms with Crippen LogP contribution in [0.4, 0.5) is 5.69 Å². The fraction of sp³-hybridized carbons (Fsp3) is 0.182. The molecule has 3 heteroatoms. The third-order valence-electron chi connectivity index (χ3n) is 3.60. The molecule has 3 nitrogen and oxygen atoms in total. The van der Waals surface area contributed by atoms with E-state index < -0.39 is 0 Å². The van der Waals surface area contributed by atoms with Crippen LogP contribution in [0.25, 0.3) is 0 Å². The maximum absolute atomic E-state index is 5.92. The number of hydrogen-bond donors (Lipinski definition) is 1. The predicted octanol–water partition coefficient (Wildman–Crippen LogP) is 5.88. The van der Waals surface area contributed by atoms with Crippen LogP contribution in [0, 0.1) is 0 Å². The first kappa shape index (κ1) is 16.9. The number of rotatable bonds is 7. The Morgan fingerprint density at radius 2 is 1.48 bits per heavy atom. The highest BCUT2D eigenvalue weighted by Crippen LogP contribution is 2.26. The van der Waals surface area contributed by atoms with E-state index in [1.807, 2.05) is 66.7 Å². The number of anilines is 1. The summed E-state index contributed by atoms with van der Waals surface area (Å²) in [6.45, 7) is 4.79. The Kier molecular flexibility index (Phi) is 5.57. The summed E-state index contributed by atoms with van der Waals surface area (Å²) in [6.07, 6.45) is 0. The predicted molar refractivity (Wildman–Crippen MR) is 102 cm³/mol. The van der Waals surface area contributed by atoms with Gasteiger partial charge in [-0.05, 0) is 55.8 Å². The zero-order valence-electron chi connectivity index (χ0n) is 14.6. The topological polar surface area (TPSA) is 30.5 Å². The summed E-state index contributed by atoms with van der Waals surface area (Å²) in [5.41, 5.74) is 2.20. The van der Waals surface area contributed by atoms with Gasteiger partial charge in [-0.3, -0.25) is 0 Å². The smallest absolute Gasteiger partial charge is 0.129 e. The van der Waals surface area contributed by atoms with Gasteiger partial charge >= 0.3 is 0 Å². The summed E-state index contributed by atoms with van der Waals surface area (Å²) in [5, 5.41) is 3.37. The second-order valence-electron chi connectivity index (χ2n) is 6.17. The molecule has 0 saturated carbocycles. The molecule has 0 aliphatic carbocycles. The summed E-state index contributed by atoms with van der Waals surface area (Å²) >= 11 is 0. The van der Waals surface area contributed by atoms with Crippen molar-refractivity contribution >= 4 is 5.69 Å². The third kappa shape index (κ3) is 5.28. The fourth-order valence-corrected chi connectivity index (χ4v) is 2.46. The number of ether oxygens (including phenoxy) is 2. The van der Waals surface area contributed by atoms with Crippen molar-refractivity contribution in [2.45, 2.75) is 26.5 Å². The normalized spacial score (nSPS) is 10.5. The molecule has 1 N–H and O–H groups in total. The highest BCUT2D eigenvalue weighted by atomic mass is 16.5. The lowest BCUT2D eigenvalue weighted by Crippen LogP contribution is -2.09. The lowest BCUT2D eigenvalue weighted by Gasteiger charge is -2.12. The van der Waals surface area contributed by atoms with Crippen molar-refractivity contribution in [1.29, 1.82) is 0 Å². The molecule has 0 atom stereocenters. The first-order chi connectivity index (χ1) is 12.2. The van der Waals surface area contributed by atoms with Crippen molar-refractivity contribution in [3.05, 3.63) is 84.4 Å². The van der Waals surface area contributed by atoms with Crippen LogP contribution < -0.4 is 14.8 Å². The molecule has 0 aliphatic rings. The minimum Gasteiger partial charge on any atom is -0.489 e. The molecule has 0 aromatic heterocycles. The molecular formula is C22H23NO2. The molecule has 0 saturated heterocycles. The van der Waals surface area contributed by atoms with Crippen molar-refractivity contribution < 1.29 is 9.47 Å². The van der Waals surface area contributed by atoms with Gasteiger partial charge in [-0.15, -0.1) is 0 Å². The van der Waals surface area contributed by atoms with Gasteiger partial charge in [0, 0.05) is 17.8 Å². The van der Waals surface area contributed by atoms with Gasteiger partial charge in [0.1, 0.15) is 23.9 Å². The largest absolute Gasteiger partial charge is 0.489 e.